The van der Waals surface area contributed by atoms with Crippen molar-refractivity contribution in [2.45, 2.75) is 32.5 Å². The molecule has 1 amide bonds. The van der Waals surface area contributed by atoms with E-state index in [9.17, 15) is 22.8 Å². The number of anilines is 1. The van der Waals surface area contributed by atoms with E-state index in [2.05, 4.69) is 15.4 Å². The van der Waals surface area contributed by atoms with Gasteiger partial charge in [0.25, 0.3) is 11.5 Å². The summed E-state index contributed by atoms with van der Waals surface area (Å²) in [5.41, 5.74) is -0.426. The van der Waals surface area contributed by atoms with Crippen molar-refractivity contribution >= 4 is 22.4 Å². The van der Waals surface area contributed by atoms with Gasteiger partial charge in [0.2, 0.25) is 0 Å². The number of thiazole rings is 1. The van der Waals surface area contributed by atoms with Gasteiger partial charge >= 0.3 is 6.18 Å². The lowest BCUT2D eigenvalue weighted by atomic mass is 10.1. The zero-order chi connectivity index (χ0) is 21.0. The molecular weight excluding hydrogens is 405 g/mol. The lowest BCUT2D eigenvalue weighted by Gasteiger charge is -2.07. The van der Waals surface area contributed by atoms with Crippen LogP contribution in [0.5, 0.6) is 0 Å². The highest BCUT2D eigenvalue weighted by Gasteiger charge is 2.30. The molecule has 29 heavy (non-hydrogen) atoms. The van der Waals surface area contributed by atoms with E-state index in [1.165, 1.54) is 29.1 Å². The fourth-order valence-corrected chi connectivity index (χ4v) is 3.45. The van der Waals surface area contributed by atoms with Crippen LogP contribution >= 0.6 is 11.3 Å². The third-order valence-electron chi connectivity index (χ3n) is 3.94. The summed E-state index contributed by atoms with van der Waals surface area (Å²) in [4.78, 5) is 28.8. The maximum atomic E-state index is 12.8. The number of carbonyl (C=O) groups excluding carboxylic acids is 1. The lowest BCUT2D eigenvalue weighted by molar-refractivity contribution is -0.137. The van der Waals surface area contributed by atoms with Crippen molar-refractivity contribution in [2.75, 3.05) is 5.32 Å². The van der Waals surface area contributed by atoms with Gasteiger partial charge in [-0.3, -0.25) is 14.9 Å². The van der Waals surface area contributed by atoms with Gasteiger partial charge in [0.1, 0.15) is 5.69 Å². The third kappa shape index (κ3) is 5.29. The number of nitrogens with one attached hydrogen (secondary N) is 1. The average molecular weight is 422 g/mol. The summed E-state index contributed by atoms with van der Waals surface area (Å²) in [7, 11) is 0. The molecule has 0 aliphatic heterocycles. The number of aryl methyl sites for hydroxylation is 1. The smallest absolute Gasteiger partial charge is 0.296 e. The molecule has 0 bridgehead atoms. The molecule has 3 aromatic rings. The molecule has 152 valence electrons. The maximum Gasteiger partial charge on any atom is 0.416 e. The Balaban J connectivity index is 1.70. The molecule has 0 radical (unpaired) electrons. The fourth-order valence-electron chi connectivity index (χ4n) is 2.61. The predicted octanol–water partition coefficient (Wildman–Crippen LogP) is 3.97. The Hall–Kier alpha value is -3.01. The van der Waals surface area contributed by atoms with E-state index >= 15 is 0 Å². The molecule has 1 N–H and O–H groups in total. The van der Waals surface area contributed by atoms with Gasteiger partial charge in [0, 0.05) is 30.1 Å². The molecule has 0 spiro atoms. The van der Waals surface area contributed by atoms with Crippen LogP contribution in [0.4, 0.5) is 18.3 Å². The van der Waals surface area contributed by atoms with Crippen molar-refractivity contribution in [1.82, 2.24) is 14.8 Å². The molecule has 0 unspecified atom stereocenters. The van der Waals surface area contributed by atoms with Crippen LogP contribution in [-0.2, 0) is 19.1 Å². The van der Waals surface area contributed by atoms with Crippen molar-refractivity contribution < 1.29 is 18.0 Å². The van der Waals surface area contributed by atoms with Gasteiger partial charge in [-0.25, -0.2) is 9.67 Å². The van der Waals surface area contributed by atoms with Crippen LogP contribution in [0.2, 0.25) is 0 Å². The van der Waals surface area contributed by atoms with E-state index in [0.717, 1.165) is 23.5 Å². The number of halogens is 3. The van der Waals surface area contributed by atoms with Gasteiger partial charge in [-0.05, 0) is 24.1 Å². The summed E-state index contributed by atoms with van der Waals surface area (Å²) in [6.07, 6.45) is -1.93. The van der Waals surface area contributed by atoms with Crippen LogP contribution < -0.4 is 10.9 Å². The summed E-state index contributed by atoms with van der Waals surface area (Å²) >= 11 is 1.16. The Morgan fingerprint density at radius 3 is 2.76 bits per heavy atom. The number of rotatable bonds is 6. The van der Waals surface area contributed by atoms with Crippen LogP contribution in [0.15, 0.2) is 47.4 Å². The third-order valence-corrected chi connectivity index (χ3v) is 4.85. The molecular formula is C19H17F3N4O2S. The lowest BCUT2D eigenvalue weighted by Crippen LogP contribution is -2.26. The number of benzene rings is 1. The van der Waals surface area contributed by atoms with Gasteiger partial charge < -0.3 is 0 Å². The van der Waals surface area contributed by atoms with E-state index in [0.29, 0.717) is 28.5 Å². The zero-order valence-corrected chi connectivity index (χ0v) is 16.2. The van der Waals surface area contributed by atoms with E-state index in [-0.39, 0.29) is 17.7 Å². The van der Waals surface area contributed by atoms with Gasteiger partial charge in [0.05, 0.1) is 5.56 Å². The van der Waals surface area contributed by atoms with E-state index in [1.54, 1.807) is 6.07 Å². The maximum absolute atomic E-state index is 12.8. The van der Waals surface area contributed by atoms with Crippen molar-refractivity contribution in [3.8, 4) is 0 Å². The predicted molar refractivity (Wildman–Crippen MR) is 103 cm³/mol. The Labute approximate surface area is 168 Å². The molecule has 6 nitrogen and oxygen atoms in total. The summed E-state index contributed by atoms with van der Waals surface area (Å²) in [6.45, 7) is 2.29. The zero-order valence-electron chi connectivity index (χ0n) is 15.4. The fraction of sp³-hybridized carbons (Fsp3) is 0.263. The second-order valence-electron chi connectivity index (χ2n) is 6.24. The van der Waals surface area contributed by atoms with E-state index in [1.807, 2.05) is 6.92 Å². The molecule has 0 saturated carbocycles. The number of hydrogen-bond donors (Lipinski definition) is 1. The van der Waals surface area contributed by atoms with Gasteiger partial charge in [-0.15, -0.1) is 11.3 Å². The normalized spacial score (nSPS) is 11.4. The van der Waals surface area contributed by atoms with Crippen molar-refractivity contribution in [2.24, 2.45) is 0 Å². The molecule has 0 atom stereocenters. The Morgan fingerprint density at radius 1 is 1.24 bits per heavy atom. The summed E-state index contributed by atoms with van der Waals surface area (Å²) < 4.78 is 39.7. The molecule has 3 rings (SSSR count). The Kier molecular flexibility index (Phi) is 6.12. The van der Waals surface area contributed by atoms with Crippen LogP contribution in [0, 0.1) is 0 Å². The molecule has 0 aliphatic rings. The highest BCUT2D eigenvalue weighted by Crippen LogP contribution is 2.30. The van der Waals surface area contributed by atoms with E-state index in [4.69, 9.17) is 0 Å². The largest absolute Gasteiger partial charge is 0.416 e. The second kappa shape index (κ2) is 8.56. The summed E-state index contributed by atoms with van der Waals surface area (Å²) in [5, 5.41) is 6.93. The van der Waals surface area contributed by atoms with Crippen LogP contribution in [0.25, 0.3) is 0 Å². The number of hydrogen-bond acceptors (Lipinski definition) is 5. The average Bonchev–Trinajstić information content (AvgIpc) is 3.10. The molecule has 1 aromatic carbocycles. The topological polar surface area (TPSA) is 76.9 Å². The van der Waals surface area contributed by atoms with Gasteiger partial charge in [-0.2, -0.15) is 18.3 Å². The highest BCUT2D eigenvalue weighted by molar-refractivity contribution is 7.15. The molecule has 2 aromatic heterocycles. The first-order valence-electron chi connectivity index (χ1n) is 8.76. The van der Waals surface area contributed by atoms with Crippen molar-refractivity contribution in [1.29, 1.82) is 0 Å². The SMILES string of the molecule is CCCn1nc(C(=O)Nc2ncc(Cc3cccc(C(F)(F)F)c3)s2)ccc1=O. The first kappa shape index (κ1) is 20.7. The summed E-state index contributed by atoms with van der Waals surface area (Å²) in [5.74, 6) is -0.519. The van der Waals surface area contributed by atoms with Crippen molar-refractivity contribution in [3.05, 3.63) is 74.6 Å². The number of carbonyl (C=O) groups is 1. The first-order chi connectivity index (χ1) is 13.8. The minimum Gasteiger partial charge on any atom is -0.296 e. The molecule has 10 heteroatoms. The monoisotopic (exact) mass is 422 g/mol. The molecule has 2 heterocycles. The first-order valence-corrected chi connectivity index (χ1v) is 9.58. The Morgan fingerprint density at radius 2 is 2.03 bits per heavy atom. The minimum atomic E-state index is -4.40. The molecule has 0 aliphatic carbocycles. The second-order valence-corrected chi connectivity index (χ2v) is 7.36. The van der Waals surface area contributed by atoms with Crippen LogP contribution in [0.1, 0.15) is 39.8 Å². The summed E-state index contributed by atoms with van der Waals surface area (Å²) in [6, 6.07) is 7.69. The van der Waals surface area contributed by atoms with Crippen LogP contribution in [0.3, 0.4) is 0 Å². The van der Waals surface area contributed by atoms with Gasteiger partial charge in [-0.1, -0.05) is 25.1 Å². The van der Waals surface area contributed by atoms with E-state index < -0.39 is 17.6 Å². The number of aromatic nitrogens is 3. The quantitative estimate of drug-likeness (QED) is 0.652. The minimum absolute atomic E-state index is 0.0766. The van der Waals surface area contributed by atoms with Crippen molar-refractivity contribution in [3.63, 3.8) is 0 Å². The van der Waals surface area contributed by atoms with Crippen LogP contribution in [-0.4, -0.2) is 20.7 Å². The van der Waals surface area contributed by atoms with Gasteiger partial charge in [0.15, 0.2) is 5.13 Å². The standard InChI is InChI=1S/C19H17F3N4O2S/c1-2-8-26-16(27)7-6-15(25-26)17(28)24-18-23-11-14(29-18)10-12-4-3-5-13(9-12)19(20,21)22/h3-7,9,11H,2,8,10H2,1H3,(H,23,24,28). The number of amides is 1. The highest BCUT2D eigenvalue weighted by atomic mass is 32.1. The molecule has 0 fully saturated rings. The Bertz CT molecular complexity index is 1080. The molecule has 0 saturated heterocycles. The number of alkyl halides is 3. The number of nitrogens with zero attached hydrogens (tertiary/aromatic N) is 3.